The summed E-state index contributed by atoms with van der Waals surface area (Å²) in [5.74, 6) is 0.873. The second kappa shape index (κ2) is 2.45. The lowest BCUT2D eigenvalue weighted by atomic mass is 9.84. The Morgan fingerprint density at radius 1 is 1.20 bits per heavy atom. The summed E-state index contributed by atoms with van der Waals surface area (Å²) in [7, 11) is 0. The van der Waals surface area contributed by atoms with E-state index < -0.39 is 11.4 Å². The topological polar surface area (TPSA) is 35.5 Å². The molecule has 0 aromatic carbocycles. The number of hydrogen-bond donors (Lipinski definition) is 0. The maximum absolute atomic E-state index is 10.6. The van der Waals surface area contributed by atoms with Crippen LogP contribution in [0.3, 0.4) is 0 Å². The molecule has 1 fully saturated rings. The summed E-state index contributed by atoms with van der Waals surface area (Å²) in [6.07, 6.45) is 4.13. The van der Waals surface area contributed by atoms with E-state index in [1.165, 1.54) is 0 Å². The van der Waals surface area contributed by atoms with Crippen LogP contribution in [0.2, 0.25) is 0 Å². The van der Waals surface area contributed by atoms with E-state index in [2.05, 4.69) is 12.2 Å². The molecule has 0 bridgehead atoms. The predicted octanol–water partition coefficient (Wildman–Crippen LogP) is 0.414. The van der Waals surface area contributed by atoms with Crippen LogP contribution in [0.5, 0.6) is 0 Å². The van der Waals surface area contributed by atoms with Gasteiger partial charge in [0.15, 0.2) is 0 Å². The third kappa shape index (κ3) is 1.02. The maximum Gasteiger partial charge on any atom is 0.304 e. The monoisotopic (exact) mass is 160 g/mol. The molecule has 0 saturated carbocycles. The normalized spacial score (nSPS) is 45.4. The molecular formula is C6H8O3S. The van der Waals surface area contributed by atoms with Gasteiger partial charge in [-0.25, -0.2) is 0 Å². The Balaban J connectivity index is 2.03. The van der Waals surface area contributed by atoms with Crippen LogP contribution in [0.1, 0.15) is 0 Å². The van der Waals surface area contributed by atoms with Crippen molar-refractivity contribution in [3.63, 3.8) is 0 Å². The fraction of sp³-hybridized carbons (Fsp3) is 0.667. The molecule has 0 radical (unpaired) electrons. The first-order valence-corrected chi connectivity index (χ1v) is 4.23. The lowest BCUT2D eigenvalue weighted by molar-refractivity contribution is 0.261. The van der Waals surface area contributed by atoms with E-state index in [9.17, 15) is 4.21 Å². The molecule has 3 nitrogen and oxygen atoms in total. The Hall–Kier alpha value is -0.190. The van der Waals surface area contributed by atoms with E-state index >= 15 is 0 Å². The van der Waals surface area contributed by atoms with Crippen LogP contribution < -0.4 is 0 Å². The molecule has 10 heavy (non-hydrogen) atoms. The van der Waals surface area contributed by atoms with Crippen LogP contribution in [0.25, 0.3) is 0 Å². The van der Waals surface area contributed by atoms with Gasteiger partial charge in [0, 0.05) is 11.8 Å². The quantitative estimate of drug-likeness (QED) is 0.481. The highest BCUT2D eigenvalue weighted by atomic mass is 32.2. The fourth-order valence-electron chi connectivity index (χ4n) is 1.09. The minimum atomic E-state index is -1.50. The van der Waals surface area contributed by atoms with Crippen molar-refractivity contribution in [3.05, 3.63) is 12.2 Å². The summed E-state index contributed by atoms with van der Waals surface area (Å²) in [5.41, 5.74) is 0. The highest BCUT2D eigenvalue weighted by molar-refractivity contribution is 7.75. The van der Waals surface area contributed by atoms with E-state index in [0.29, 0.717) is 25.0 Å². The number of fused-ring (bicyclic) bond motifs is 1. The van der Waals surface area contributed by atoms with Gasteiger partial charge in [-0.05, 0) is 0 Å². The van der Waals surface area contributed by atoms with Crippen molar-refractivity contribution in [2.75, 3.05) is 13.2 Å². The molecule has 0 spiro atoms. The summed E-state index contributed by atoms with van der Waals surface area (Å²) in [6, 6.07) is 0. The zero-order chi connectivity index (χ0) is 6.97. The molecule has 1 saturated heterocycles. The maximum atomic E-state index is 10.6. The SMILES string of the molecule is O=S1OC[C@H]2C=C[C@H]2CO1. The van der Waals surface area contributed by atoms with E-state index in [0.717, 1.165) is 0 Å². The Labute approximate surface area is 61.9 Å². The van der Waals surface area contributed by atoms with Crippen molar-refractivity contribution in [2.24, 2.45) is 11.8 Å². The Kier molecular flexibility index (Phi) is 1.60. The Morgan fingerprint density at radius 3 is 2.10 bits per heavy atom. The van der Waals surface area contributed by atoms with Crippen molar-refractivity contribution in [2.45, 2.75) is 0 Å². The molecule has 0 aromatic heterocycles. The van der Waals surface area contributed by atoms with Crippen LogP contribution in [-0.4, -0.2) is 17.4 Å². The van der Waals surface area contributed by atoms with Crippen LogP contribution in [0, 0.1) is 11.8 Å². The van der Waals surface area contributed by atoms with Gasteiger partial charge in [-0.15, -0.1) is 0 Å². The minimum Gasteiger partial charge on any atom is -0.268 e. The van der Waals surface area contributed by atoms with Crippen molar-refractivity contribution in [1.82, 2.24) is 0 Å². The van der Waals surface area contributed by atoms with Gasteiger partial charge in [0.05, 0.1) is 13.2 Å². The molecule has 0 N–H and O–H groups in total. The van der Waals surface area contributed by atoms with Gasteiger partial charge in [-0.1, -0.05) is 12.2 Å². The largest absolute Gasteiger partial charge is 0.304 e. The van der Waals surface area contributed by atoms with Crippen LogP contribution in [0.15, 0.2) is 12.2 Å². The minimum absolute atomic E-state index is 0.437. The van der Waals surface area contributed by atoms with Crippen LogP contribution >= 0.6 is 0 Å². The van der Waals surface area contributed by atoms with Crippen LogP contribution in [-0.2, 0) is 19.7 Å². The molecule has 1 heterocycles. The molecule has 2 rings (SSSR count). The summed E-state index contributed by atoms with van der Waals surface area (Å²) in [4.78, 5) is 0. The van der Waals surface area contributed by atoms with Crippen LogP contribution in [0.4, 0.5) is 0 Å². The molecule has 3 atom stereocenters. The average molecular weight is 160 g/mol. The molecule has 0 amide bonds. The highest BCUT2D eigenvalue weighted by Gasteiger charge is 2.29. The van der Waals surface area contributed by atoms with Crippen molar-refractivity contribution in [1.29, 1.82) is 0 Å². The number of rotatable bonds is 0. The summed E-state index contributed by atoms with van der Waals surface area (Å²) in [6.45, 7) is 1.07. The Morgan fingerprint density at radius 2 is 1.70 bits per heavy atom. The first-order chi connectivity index (χ1) is 4.86. The van der Waals surface area contributed by atoms with Gasteiger partial charge in [0.1, 0.15) is 0 Å². The second-order valence-corrected chi connectivity index (χ2v) is 3.37. The van der Waals surface area contributed by atoms with Gasteiger partial charge in [-0.2, -0.15) is 4.21 Å². The van der Waals surface area contributed by atoms with E-state index in [4.69, 9.17) is 8.37 Å². The molecule has 1 aliphatic heterocycles. The third-order valence-electron chi connectivity index (χ3n) is 1.87. The molecule has 4 heteroatoms. The second-order valence-electron chi connectivity index (χ2n) is 2.49. The van der Waals surface area contributed by atoms with Crippen molar-refractivity contribution >= 4 is 11.4 Å². The first kappa shape index (κ1) is 6.52. The predicted molar refractivity (Wildman–Crippen MR) is 36.2 cm³/mol. The fourth-order valence-corrected chi connectivity index (χ4v) is 1.69. The van der Waals surface area contributed by atoms with Crippen molar-refractivity contribution < 1.29 is 12.6 Å². The van der Waals surface area contributed by atoms with E-state index in [1.807, 2.05) is 0 Å². The Bertz CT molecular complexity index is 171. The van der Waals surface area contributed by atoms with Gasteiger partial charge in [0.25, 0.3) is 0 Å². The van der Waals surface area contributed by atoms with E-state index in [-0.39, 0.29) is 0 Å². The zero-order valence-electron chi connectivity index (χ0n) is 5.36. The lowest BCUT2D eigenvalue weighted by Crippen LogP contribution is -2.23. The van der Waals surface area contributed by atoms with E-state index in [1.54, 1.807) is 0 Å². The lowest BCUT2D eigenvalue weighted by Gasteiger charge is -2.23. The van der Waals surface area contributed by atoms with Gasteiger partial charge >= 0.3 is 11.4 Å². The zero-order valence-corrected chi connectivity index (χ0v) is 6.17. The smallest absolute Gasteiger partial charge is 0.268 e. The molecule has 2 aliphatic rings. The summed E-state index contributed by atoms with van der Waals surface area (Å²) in [5, 5.41) is 0. The van der Waals surface area contributed by atoms with Gasteiger partial charge in [-0.3, -0.25) is 8.37 Å². The van der Waals surface area contributed by atoms with Gasteiger partial charge in [0.2, 0.25) is 0 Å². The highest BCUT2D eigenvalue weighted by Crippen LogP contribution is 2.28. The molecule has 1 unspecified atom stereocenters. The molecule has 56 valence electrons. The van der Waals surface area contributed by atoms with Crippen molar-refractivity contribution in [3.8, 4) is 0 Å². The molecule has 1 aliphatic carbocycles. The average Bonchev–Trinajstić information content (AvgIpc) is 1.94. The number of hydrogen-bond acceptors (Lipinski definition) is 3. The third-order valence-corrected chi connectivity index (χ3v) is 2.53. The summed E-state index contributed by atoms with van der Waals surface area (Å²) < 4.78 is 20.3. The summed E-state index contributed by atoms with van der Waals surface area (Å²) >= 11 is -1.50. The van der Waals surface area contributed by atoms with Gasteiger partial charge < -0.3 is 0 Å². The molecule has 0 aromatic rings. The molecular weight excluding hydrogens is 152 g/mol. The standard InChI is InChI=1S/C6H8O3S/c7-10-8-3-5-1-2-6(5)4-9-10/h1-2,5-6H,3-4H2/t5-,6+,10?. The first-order valence-electron chi connectivity index (χ1n) is 3.23.